The molecule has 1 aliphatic rings. The van der Waals surface area contributed by atoms with E-state index in [9.17, 15) is 8.78 Å². The van der Waals surface area contributed by atoms with E-state index in [1.54, 1.807) is 22.9 Å². The third kappa shape index (κ3) is 2.16. The summed E-state index contributed by atoms with van der Waals surface area (Å²) in [4.78, 5) is 0. The molecule has 2 N–H and O–H groups in total. The van der Waals surface area contributed by atoms with Gasteiger partial charge in [-0.2, -0.15) is 5.10 Å². The lowest BCUT2D eigenvalue weighted by Gasteiger charge is -2.15. The van der Waals surface area contributed by atoms with Crippen LogP contribution in [0.25, 0.3) is 5.69 Å². The largest absolute Gasteiger partial charge is 0.397 e. The van der Waals surface area contributed by atoms with Crippen molar-refractivity contribution >= 4 is 17.3 Å². The summed E-state index contributed by atoms with van der Waals surface area (Å²) in [6.45, 7) is 0. The maximum atomic E-state index is 13.1. The summed E-state index contributed by atoms with van der Waals surface area (Å²) in [5.74, 6) is 0. The Balaban J connectivity index is 2.18. The number of nitrogen functional groups attached to an aromatic ring is 1. The third-order valence-corrected chi connectivity index (χ3v) is 3.87. The smallest absolute Gasteiger partial charge is 0.282 e. The lowest BCUT2D eigenvalue weighted by atomic mass is 9.95. The highest BCUT2D eigenvalue weighted by atomic mass is 35.5. The van der Waals surface area contributed by atoms with E-state index in [4.69, 9.17) is 17.3 Å². The second kappa shape index (κ2) is 5.05. The molecule has 0 saturated carbocycles. The molecule has 106 valence electrons. The molecule has 3 nitrogen and oxygen atoms in total. The van der Waals surface area contributed by atoms with Crippen molar-refractivity contribution in [2.45, 2.75) is 32.1 Å². The quantitative estimate of drug-likeness (QED) is 0.854. The summed E-state index contributed by atoms with van der Waals surface area (Å²) in [5, 5.41) is 4.61. The Morgan fingerprint density at radius 2 is 2.00 bits per heavy atom. The highest BCUT2D eigenvalue weighted by molar-refractivity contribution is 6.30. The zero-order valence-corrected chi connectivity index (χ0v) is 11.5. The van der Waals surface area contributed by atoms with Crippen LogP contribution in [0.2, 0.25) is 5.02 Å². The van der Waals surface area contributed by atoms with E-state index in [0.717, 1.165) is 25.0 Å². The van der Waals surface area contributed by atoms with Crippen LogP contribution in [-0.2, 0) is 12.8 Å². The first-order valence-corrected chi connectivity index (χ1v) is 6.90. The van der Waals surface area contributed by atoms with Gasteiger partial charge in [-0.1, -0.05) is 11.6 Å². The number of nitrogens with two attached hydrogens (primary N) is 1. The van der Waals surface area contributed by atoms with Gasteiger partial charge in [0.2, 0.25) is 0 Å². The third-order valence-electron chi connectivity index (χ3n) is 3.64. The van der Waals surface area contributed by atoms with Crippen molar-refractivity contribution in [3.63, 3.8) is 0 Å². The lowest BCUT2D eigenvalue weighted by molar-refractivity contribution is 0.144. The second-order valence-corrected chi connectivity index (χ2v) is 5.37. The summed E-state index contributed by atoms with van der Waals surface area (Å²) < 4.78 is 27.8. The molecule has 0 fully saturated rings. The second-order valence-electron chi connectivity index (χ2n) is 4.93. The van der Waals surface area contributed by atoms with Crippen LogP contribution in [0.1, 0.15) is 36.2 Å². The van der Waals surface area contributed by atoms with Crippen LogP contribution in [0.3, 0.4) is 0 Å². The summed E-state index contributed by atoms with van der Waals surface area (Å²) in [6, 6.07) is 5.01. The maximum absolute atomic E-state index is 13.1. The van der Waals surface area contributed by atoms with Crippen molar-refractivity contribution < 1.29 is 8.78 Å². The minimum absolute atomic E-state index is 0.117. The highest BCUT2D eigenvalue weighted by Gasteiger charge is 2.26. The van der Waals surface area contributed by atoms with Crippen LogP contribution in [0.4, 0.5) is 14.5 Å². The van der Waals surface area contributed by atoms with E-state index in [2.05, 4.69) is 5.10 Å². The van der Waals surface area contributed by atoms with E-state index in [-0.39, 0.29) is 5.69 Å². The topological polar surface area (TPSA) is 43.8 Å². The van der Waals surface area contributed by atoms with Gasteiger partial charge in [-0.25, -0.2) is 13.5 Å². The molecule has 2 aromatic rings. The molecule has 1 heterocycles. The summed E-state index contributed by atoms with van der Waals surface area (Å²) in [7, 11) is 0. The molecule has 0 radical (unpaired) electrons. The number of hydrogen-bond acceptors (Lipinski definition) is 2. The zero-order chi connectivity index (χ0) is 14.3. The maximum Gasteiger partial charge on any atom is 0.282 e. The molecule has 0 bridgehead atoms. The first-order valence-electron chi connectivity index (χ1n) is 6.52. The van der Waals surface area contributed by atoms with Crippen LogP contribution in [-0.4, -0.2) is 9.78 Å². The fraction of sp³-hybridized carbons (Fsp3) is 0.357. The van der Waals surface area contributed by atoms with Gasteiger partial charge in [0.25, 0.3) is 6.43 Å². The van der Waals surface area contributed by atoms with Gasteiger partial charge in [0.1, 0.15) is 5.69 Å². The molecule has 1 aliphatic carbocycles. The van der Waals surface area contributed by atoms with Crippen molar-refractivity contribution in [1.82, 2.24) is 9.78 Å². The minimum atomic E-state index is -2.56. The van der Waals surface area contributed by atoms with Crippen molar-refractivity contribution in [1.29, 1.82) is 0 Å². The van der Waals surface area contributed by atoms with Gasteiger partial charge in [0.15, 0.2) is 0 Å². The van der Waals surface area contributed by atoms with Gasteiger partial charge in [-0.05, 0) is 43.9 Å². The Morgan fingerprint density at radius 3 is 2.70 bits per heavy atom. The van der Waals surface area contributed by atoms with Gasteiger partial charge in [0.05, 0.1) is 11.4 Å². The summed E-state index contributed by atoms with van der Waals surface area (Å²) in [5.41, 5.74) is 8.40. The Morgan fingerprint density at radius 1 is 1.25 bits per heavy atom. The van der Waals surface area contributed by atoms with Gasteiger partial charge in [0, 0.05) is 16.3 Å². The number of anilines is 1. The minimum Gasteiger partial charge on any atom is -0.397 e. The van der Waals surface area contributed by atoms with E-state index >= 15 is 0 Å². The molecule has 20 heavy (non-hydrogen) atoms. The molecule has 0 unspecified atom stereocenters. The van der Waals surface area contributed by atoms with Gasteiger partial charge in [-0.15, -0.1) is 0 Å². The number of rotatable bonds is 2. The van der Waals surface area contributed by atoms with Crippen LogP contribution < -0.4 is 5.73 Å². The van der Waals surface area contributed by atoms with E-state index < -0.39 is 6.43 Å². The van der Waals surface area contributed by atoms with Crippen molar-refractivity contribution in [3.8, 4) is 5.69 Å². The molecule has 6 heteroatoms. The van der Waals surface area contributed by atoms with Crippen molar-refractivity contribution in [2.75, 3.05) is 5.73 Å². The number of alkyl halides is 2. The molecule has 0 saturated heterocycles. The normalized spacial score (nSPS) is 14.6. The number of aromatic nitrogens is 2. The molecule has 1 aromatic heterocycles. The average molecular weight is 298 g/mol. The Labute approximate surface area is 120 Å². The molecule has 0 spiro atoms. The van der Waals surface area contributed by atoms with Crippen LogP contribution in [0.15, 0.2) is 18.2 Å². The Kier molecular flexibility index (Phi) is 3.38. The predicted molar refractivity (Wildman–Crippen MR) is 74.6 cm³/mol. The van der Waals surface area contributed by atoms with E-state index in [1.807, 2.05) is 0 Å². The van der Waals surface area contributed by atoms with Gasteiger partial charge in [-0.3, -0.25) is 0 Å². The zero-order valence-electron chi connectivity index (χ0n) is 10.7. The first-order chi connectivity index (χ1) is 9.58. The van der Waals surface area contributed by atoms with Crippen molar-refractivity contribution in [2.24, 2.45) is 0 Å². The van der Waals surface area contributed by atoms with Gasteiger partial charge >= 0.3 is 0 Å². The van der Waals surface area contributed by atoms with E-state index in [1.165, 1.54) is 0 Å². The molecule has 0 amide bonds. The van der Waals surface area contributed by atoms with Crippen LogP contribution >= 0.6 is 11.6 Å². The SMILES string of the molecule is Nc1cc(Cl)ccc1-n1nc(C(F)F)c2c1CCCC2. The standard InChI is InChI=1S/C14H14ClF2N3/c15-8-5-6-12(10(18)7-8)20-11-4-2-1-3-9(11)13(19-20)14(16)17/h5-7,14H,1-4,18H2. The Hall–Kier alpha value is -1.62. The molecular formula is C14H14ClF2N3. The fourth-order valence-electron chi connectivity index (χ4n) is 2.72. The molecule has 0 aliphatic heterocycles. The van der Waals surface area contributed by atoms with Crippen LogP contribution in [0.5, 0.6) is 0 Å². The molecule has 1 aromatic carbocycles. The molecule has 3 rings (SSSR count). The van der Waals surface area contributed by atoms with Crippen molar-refractivity contribution in [3.05, 3.63) is 40.2 Å². The monoisotopic (exact) mass is 297 g/mol. The lowest BCUT2D eigenvalue weighted by Crippen LogP contribution is -2.09. The molecular weight excluding hydrogens is 284 g/mol. The fourth-order valence-corrected chi connectivity index (χ4v) is 2.90. The average Bonchev–Trinajstić information content (AvgIpc) is 2.78. The number of fused-ring (bicyclic) bond motifs is 1. The number of nitrogens with zero attached hydrogens (tertiary/aromatic N) is 2. The Bertz CT molecular complexity index is 652. The van der Waals surface area contributed by atoms with E-state index in [0.29, 0.717) is 28.4 Å². The first kappa shape index (κ1) is 13.4. The number of halogens is 3. The van der Waals surface area contributed by atoms with Crippen LogP contribution in [0, 0.1) is 0 Å². The van der Waals surface area contributed by atoms with Gasteiger partial charge < -0.3 is 5.73 Å². The molecule has 0 atom stereocenters. The summed E-state index contributed by atoms with van der Waals surface area (Å²) in [6.07, 6.45) is 0.750. The summed E-state index contributed by atoms with van der Waals surface area (Å²) >= 11 is 5.87. The number of benzene rings is 1. The number of hydrogen-bond donors (Lipinski definition) is 1. The highest BCUT2D eigenvalue weighted by Crippen LogP contribution is 2.33. The predicted octanol–water partition coefficient (Wildman–Crippen LogP) is 3.92.